The predicted octanol–water partition coefficient (Wildman–Crippen LogP) is 0.425. The Morgan fingerprint density at radius 1 is 1.33 bits per heavy atom. The Morgan fingerprint density at radius 3 is 1.92 bits per heavy atom. The number of hydrogen-bond donors (Lipinski definition) is 2. The van der Waals surface area contributed by atoms with Gasteiger partial charge in [0, 0.05) is 18.1 Å². The number of rotatable bonds is 5. The van der Waals surface area contributed by atoms with Crippen molar-refractivity contribution in [2.45, 2.75) is 45.8 Å². The summed E-state index contributed by atoms with van der Waals surface area (Å²) in [4.78, 5) is 2.21. The van der Waals surface area contributed by atoms with Crippen LogP contribution in [0.5, 0.6) is 0 Å². The molecule has 0 aromatic heterocycles. The quantitative estimate of drug-likeness (QED) is 0.635. The van der Waals surface area contributed by atoms with E-state index in [1.165, 1.54) is 0 Å². The van der Waals surface area contributed by atoms with Gasteiger partial charge in [0.25, 0.3) is 0 Å². The van der Waals surface area contributed by atoms with Crippen LogP contribution in [0.4, 0.5) is 0 Å². The van der Waals surface area contributed by atoms with Crippen molar-refractivity contribution in [3.63, 3.8) is 0 Å². The largest absolute Gasteiger partial charge is 0.395 e. The first-order valence-corrected chi connectivity index (χ1v) is 4.66. The van der Waals surface area contributed by atoms with Crippen LogP contribution in [-0.4, -0.2) is 41.3 Å². The molecule has 0 rings (SSSR count). The van der Waals surface area contributed by atoms with Gasteiger partial charge in [0.2, 0.25) is 0 Å². The van der Waals surface area contributed by atoms with Crippen LogP contribution in [0, 0.1) is 0 Å². The van der Waals surface area contributed by atoms with Gasteiger partial charge in [-0.25, -0.2) is 0 Å². The van der Waals surface area contributed by atoms with Gasteiger partial charge in [-0.05, 0) is 27.3 Å². The summed E-state index contributed by atoms with van der Waals surface area (Å²) in [6.45, 7) is 9.34. The molecule has 0 aliphatic heterocycles. The van der Waals surface area contributed by atoms with Crippen molar-refractivity contribution in [3.8, 4) is 0 Å². The molecule has 3 heteroatoms. The Bertz CT molecular complexity index is 101. The van der Waals surface area contributed by atoms with E-state index in [0.29, 0.717) is 6.04 Å². The Balaban J connectivity index is 4.23. The summed E-state index contributed by atoms with van der Waals surface area (Å²) in [6, 6.07) is 0.561. The van der Waals surface area contributed by atoms with Crippen LogP contribution in [0.1, 0.15) is 27.7 Å². The second-order valence-electron chi connectivity index (χ2n) is 3.53. The van der Waals surface area contributed by atoms with Gasteiger partial charge in [-0.15, -0.1) is 0 Å². The Morgan fingerprint density at radius 2 is 1.83 bits per heavy atom. The minimum absolute atomic E-state index is 0.0253. The lowest BCUT2D eigenvalue weighted by Crippen LogP contribution is -2.51. The lowest BCUT2D eigenvalue weighted by atomic mass is 10.1. The first-order chi connectivity index (χ1) is 5.54. The normalized spacial score (nSPS) is 17.0. The maximum atomic E-state index is 9.13. The first-order valence-electron chi connectivity index (χ1n) is 4.66. The summed E-state index contributed by atoms with van der Waals surface area (Å²) in [5.41, 5.74) is 5.76. The number of nitrogens with zero attached hydrogens (tertiary/aromatic N) is 1. The van der Waals surface area contributed by atoms with E-state index in [1.54, 1.807) is 0 Å². The molecule has 0 aliphatic rings. The van der Waals surface area contributed by atoms with E-state index in [1.807, 2.05) is 6.92 Å². The van der Waals surface area contributed by atoms with Gasteiger partial charge in [-0.2, -0.15) is 0 Å². The molecule has 0 spiro atoms. The Kier molecular flexibility index (Phi) is 5.46. The van der Waals surface area contributed by atoms with E-state index < -0.39 is 0 Å². The maximum absolute atomic E-state index is 9.13. The summed E-state index contributed by atoms with van der Waals surface area (Å²) in [7, 11) is 0. The van der Waals surface area contributed by atoms with Crippen molar-refractivity contribution >= 4 is 0 Å². The number of aliphatic hydroxyl groups excluding tert-OH is 1. The molecule has 0 saturated heterocycles. The van der Waals surface area contributed by atoms with Crippen LogP contribution in [0.3, 0.4) is 0 Å². The number of nitrogens with two attached hydrogens (primary N) is 1. The van der Waals surface area contributed by atoms with Crippen molar-refractivity contribution in [3.05, 3.63) is 0 Å². The van der Waals surface area contributed by atoms with Crippen LogP contribution in [-0.2, 0) is 0 Å². The van der Waals surface area contributed by atoms with Crippen LogP contribution in [0.2, 0.25) is 0 Å². The third-order valence-corrected chi connectivity index (χ3v) is 2.25. The zero-order chi connectivity index (χ0) is 9.72. The predicted molar refractivity (Wildman–Crippen MR) is 52.0 cm³/mol. The van der Waals surface area contributed by atoms with Gasteiger partial charge in [0.05, 0.1) is 6.61 Å². The smallest absolute Gasteiger partial charge is 0.0601 e. The van der Waals surface area contributed by atoms with Crippen LogP contribution >= 0.6 is 0 Å². The molecule has 12 heavy (non-hydrogen) atoms. The third kappa shape index (κ3) is 3.09. The third-order valence-electron chi connectivity index (χ3n) is 2.25. The molecule has 0 aromatic rings. The average Bonchev–Trinajstić information content (AvgIpc) is 1.98. The lowest BCUT2D eigenvalue weighted by Gasteiger charge is -2.35. The molecular weight excluding hydrogens is 152 g/mol. The molecule has 0 fully saturated rings. The summed E-state index contributed by atoms with van der Waals surface area (Å²) >= 11 is 0. The van der Waals surface area contributed by atoms with Crippen LogP contribution < -0.4 is 5.73 Å². The SMILES string of the molecule is CCN(C(C)C)C(CO)C(C)N. The highest BCUT2D eigenvalue weighted by Crippen LogP contribution is 2.07. The summed E-state index contributed by atoms with van der Waals surface area (Å²) in [5, 5.41) is 9.13. The molecule has 3 nitrogen and oxygen atoms in total. The molecule has 0 heterocycles. The van der Waals surface area contributed by atoms with E-state index in [2.05, 4.69) is 25.7 Å². The molecule has 0 aromatic carbocycles. The fourth-order valence-electron chi connectivity index (χ4n) is 1.56. The van der Waals surface area contributed by atoms with Gasteiger partial charge in [0.1, 0.15) is 0 Å². The second kappa shape index (κ2) is 5.51. The van der Waals surface area contributed by atoms with Crippen molar-refractivity contribution in [1.82, 2.24) is 4.90 Å². The zero-order valence-electron chi connectivity index (χ0n) is 8.62. The van der Waals surface area contributed by atoms with E-state index in [4.69, 9.17) is 10.8 Å². The fraction of sp³-hybridized carbons (Fsp3) is 1.00. The minimum atomic E-state index is 0.0253. The monoisotopic (exact) mass is 174 g/mol. The summed E-state index contributed by atoms with van der Waals surface area (Å²) < 4.78 is 0. The molecule has 74 valence electrons. The van der Waals surface area contributed by atoms with Crippen molar-refractivity contribution < 1.29 is 5.11 Å². The first kappa shape index (κ1) is 11.9. The van der Waals surface area contributed by atoms with Crippen molar-refractivity contribution in [1.29, 1.82) is 0 Å². The highest BCUT2D eigenvalue weighted by atomic mass is 16.3. The molecule has 0 amide bonds. The van der Waals surface area contributed by atoms with E-state index in [-0.39, 0.29) is 18.7 Å². The molecule has 3 N–H and O–H groups in total. The molecule has 0 saturated carbocycles. The molecule has 0 aliphatic carbocycles. The topological polar surface area (TPSA) is 49.5 Å². The number of hydrogen-bond acceptors (Lipinski definition) is 3. The van der Waals surface area contributed by atoms with E-state index in [9.17, 15) is 0 Å². The zero-order valence-corrected chi connectivity index (χ0v) is 8.62. The van der Waals surface area contributed by atoms with Gasteiger partial charge < -0.3 is 10.8 Å². The van der Waals surface area contributed by atoms with E-state index >= 15 is 0 Å². The molecule has 0 bridgehead atoms. The molecular formula is C9H22N2O. The Hall–Kier alpha value is -0.120. The van der Waals surface area contributed by atoms with Gasteiger partial charge in [0.15, 0.2) is 0 Å². The van der Waals surface area contributed by atoms with Gasteiger partial charge in [-0.3, -0.25) is 4.90 Å². The standard InChI is InChI=1S/C9H22N2O/c1-5-11(7(2)3)9(6-12)8(4)10/h7-9,12H,5-6,10H2,1-4H3. The second-order valence-corrected chi connectivity index (χ2v) is 3.53. The van der Waals surface area contributed by atoms with E-state index in [0.717, 1.165) is 6.54 Å². The van der Waals surface area contributed by atoms with Crippen LogP contribution in [0.25, 0.3) is 0 Å². The maximum Gasteiger partial charge on any atom is 0.0601 e. The summed E-state index contributed by atoms with van der Waals surface area (Å²) in [5.74, 6) is 0. The average molecular weight is 174 g/mol. The Labute approximate surface area is 75.6 Å². The van der Waals surface area contributed by atoms with Crippen molar-refractivity contribution in [2.75, 3.05) is 13.2 Å². The molecule has 2 unspecified atom stereocenters. The summed E-state index contributed by atoms with van der Waals surface area (Å²) in [6.07, 6.45) is 0. The highest BCUT2D eigenvalue weighted by molar-refractivity contribution is 4.79. The molecule has 0 radical (unpaired) electrons. The van der Waals surface area contributed by atoms with Gasteiger partial charge in [-0.1, -0.05) is 6.92 Å². The van der Waals surface area contributed by atoms with Crippen LogP contribution in [0.15, 0.2) is 0 Å². The lowest BCUT2D eigenvalue weighted by molar-refractivity contribution is 0.0872. The highest BCUT2D eigenvalue weighted by Gasteiger charge is 2.21. The minimum Gasteiger partial charge on any atom is -0.395 e. The molecule has 2 atom stereocenters. The van der Waals surface area contributed by atoms with Gasteiger partial charge >= 0.3 is 0 Å². The number of likely N-dealkylation sites (N-methyl/N-ethyl adjacent to an activating group) is 1. The van der Waals surface area contributed by atoms with Crippen molar-refractivity contribution in [2.24, 2.45) is 5.73 Å². The number of aliphatic hydroxyl groups is 1. The fourth-order valence-corrected chi connectivity index (χ4v) is 1.56.